The second-order valence-electron chi connectivity index (χ2n) is 6.60. The lowest BCUT2D eigenvalue weighted by Gasteiger charge is -2.39. The van der Waals surface area contributed by atoms with Crippen LogP contribution in [0.4, 0.5) is 0 Å². The van der Waals surface area contributed by atoms with Gasteiger partial charge in [0.2, 0.25) is 5.91 Å². The van der Waals surface area contributed by atoms with Crippen molar-refractivity contribution in [3.05, 3.63) is 0 Å². The van der Waals surface area contributed by atoms with Crippen LogP contribution in [0.5, 0.6) is 0 Å². The number of amides is 1. The standard InChI is InChI=1S/C14H24N2O3/c1-9-4-3-7-14(8-9,12(18)19)16-11(17)13(2,15)10-5-6-10/h9-10H,3-8,15H2,1-2H3,(H,16,17)(H,18,19). The fourth-order valence-electron chi connectivity index (χ4n) is 3.13. The van der Waals surface area contributed by atoms with Crippen molar-refractivity contribution in [2.45, 2.75) is 63.5 Å². The Labute approximate surface area is 113 Å². The van der Waals surface area contributed by atoms with E-state index in [4.69, 9.17) is 5.73 Å². The van der Waals surface area contributed by atoms with Gasteiger partial charge >= 0.3 is 5.97 Å². The van der Waals surface area contributed by atoms with Gasteiger partial charge in [-0.25, -0.2) is 4.79 Å². The normalized spacial score (nSPS) is 34.4. The number of hydrogen-bond donors (Lipinski definition) is 3. The van der Waals surface area contributed by atoms with E-state index in [1.165, 1.54) is 0 Å². The molecule has 0 aromatic carbocycles. The van der Waals surface area contributed by atoms with Gasteiger partial charge in [-0.1, -0.05) is 19.8 Å². The van der Waals surface area contributed by atoms with E-state index < -0.39 is 17.0 Å². The molecule has 2 saturated carbocycles. The Morgan fingerprint density at radius 3 is 2.47 bits per heavy atom. The number of carbonyl (C=O) groups is 2. The maximum absolute atomic E-state index is 12.3. The molecule has 0 aromatic rings. The Morgan fingerprint density at radius 1 is 1.37 bits per heavy atom. The van der Waals surface area contributed by atoms with Crippen LogP contribution >= 0.6 is 0 Å². The molecule has 2 fully saturated rings. The first kappa shape index (κ1) is 14.3. The molecule has 3 unspecified atom stereocenters. The summed E-state index contributed by atoms with van der Waals surface area (Å²) in [5.74, 6) is -0.736. The SMILES string of the molecule is CC1CCCC(NC(=O)C(C)(N)C2CC2)(C(=O)O)C1. The third kappa shape index (κ3) is 2.76. The van der Waals surface area contributed by atoms with E-state index in [1.54, 1.807) is 6.92 Å². The van der Waals surface area contributed by atoms with Crippen LogP contribution in [0.15, 0.2) is 0 Å². The van der Waals surface area contributed by atoms with Gasteiger partial charge in [0.05, 0.1) is 5.54 Å². The quantitative estimate of drug-likeness (QED) is 0.715. The second kappa shape index (κ2) is 4.78. The molecule has 0 heterocycles. The summed E-state index contributed by atoms with van der Waals surface area (Å²) >= 11 is 0. The van der Waals surface area contributed by atoms with Gasteiger partial charge in [0, 0.05) is 0 Å². The van der Waals surface area contributed by atoms with E-state index in [9.17, 15) is 14.7 Å². The van der Waals surface area contributed by atoms with Crippen LogP contribution in [0.1, 0.15) is 52.4 Å². The molecular formula is C14H24N2O3. The Balaban J connectivity index is 2.12. The van der Waals surface area contributed by atoms with Crippen LogP contribution < -0.4 is 11.1 Å². The minimum absolute atomic E-state index is 0.194. The first-order valence-electron chi connectivity index (χ1n) is 7.13. The van der Waals surface area contributed by atoms with Crippen molar-refractivity contribution in [1.82, 2.24) is 5.32 Å². The van der Waals surface area contributed by atoms with E-state index in [0.29, 0.717) is 18.8 Å². The van der Waals surface area contributed by atoms with Crippen molar-refractivity contribution in [3.63, 3.8) is 0 Å². The van der Waals surface area contributed by atoms with E-state index >= 15 is 0 Å². The molecule has 5 nitrogen and oxygen atoms in total. The van der Waals surface area contributed by atoms with E-state index in [0.717, 1.165) is 25.7 Å². The second-order valence-corrected chi connectivity index (χ2v) is 6.60. The zero-order chi connectivity index (χ0) is 14.3. The average molecular weight is 268 g/mol. The summed E-state index contributed by atoms with van der Waals surface area (Å²) in [5.41, 5.74) is 4.01. The number of carboxylic acid groups (broad SMARTS) is 1. The lowest BCUT2D eigenvalue weighted by atomic mass is 9.75. The summed E-state index contributed by atoms with van der Waals surface area (Å²) in [6.45, 7) is 3.74. The zero-order valence-electron chi connectivity index (χ0n) is 11.7. The molecule has 0 radical (unpaired) electrons. The number of aliphatic carboxylic acids is 1. The third-order valence-corrected chi connectivity index (χ3v) is 4.67. The first-order chi connectivity index (χ1) is 8.78. The number of carboxylic acids is 1. The molecular weight excluding hydrogens is 244 g/mol. The van der Waals surface area contributed by atoms with Crippen LogP contribution in [0.25, 0.3) is 0 Å². The highest BCUT2D eigenvalue weighted by Crippen LogP contribution is 2.39. The van der Waals surface area contributed by atoms with Gasteiger partial charge < -0.3 is 16.2 Å². The molecule has 19 heavy (non-hydrogen) atoms. The topological polar surface area (TPSA) is 92.4 Å². The minimum atomic E-state index is -1.12. The van der Waals surface area contributed by atoms with Crippen molar-refractivity contribution >= 4 is 11.9 Å². The Kier molecular flexibility index (Phi) is 3.60. The Hall–Kier alpha value is -1.10. The number of nitrogens with one attached hydrogen (secondary N) is 1. The summed E-state index contributed by atoms with van der Waals surface area (Å²) in [5, 5.41) is 12.3. The van der Waals surface area contributed by atoms with Crippen molar-refractivity contribution in [2.24, 2.45) is 17.6 Å². The maximum atomic E-state index is 12.3. The fourth-order valence-corrected chi connectivity index (χ4v) is 3.13. The maximum Gasteiger partial charge on any atom is 0.329 e. The van der Waals surface area contributed by atoms with Crippen LogP contribution in [0, 0.1) is 11.8 Å². The van der Waals surface area contributed by atoms with Gasteiger partial charge in [-0.15, -0.1) is 0 Å². The molecule has 2 aliphatic rings. The highest BCUT2D eigenvalue weighted by atomic mass is 16.4. The van der Waals surface area contributed by atoms with Crippen molar-refractivity contribution in [1.29, 1.82) is 0 Å². The zero-order valence-corrected chi connectivity index (χ0v) is 11.7. The molecule has 3 atom stereocenters. The van der Waals surface area contributed by atoms with Crippen LogP contribution in [0.3, 0.4) is 0 Å². The molecule has 108 valence electrons. The third-order valence-electron chi connectivity index (χ3n) is 4.67. The first-order valence-corrected chi connectivity index (χ1v) is 7.13. The molecule has 1 amide bonds. The lowest BCUT2D eigenvalue weighted by molar-refractivity contribution is -0.151. The number of rotatable bonds is 4. The van der Waals surface area contributed by atoms with Gasteiger partial charge in [0.25, 0.3) is 0 Å². The molecule has 0 aromatic heterocycles. The van der Waals surface area contributed by atoms with Gasteiger partial charge in [-0.3, -0.25) is 4.79 Å². The molecule has 2 rings (SSSR count). The van der Waals surface area contributed by atoms with E-state index in [1.807, 2.05) is 6.92 Å². The Morgan fingerprint density at radius 2 is 2.00 bits per heavy atom. The van der Waals surface area contributed by atoms with E-state index in [2.05, 4.69) is 5.32 Å². The largest absolute Gasteiger partial charge is 0.480 e. The van der Waals surface area contributed by atoms with Crippen LogP contribution in [-0.4, -0.2) is 28.1 Å². The smallest absolute Gasteiger partial charge is 0.329 e. The van der Waals surface area contributed by atoms with Gasteiger partial charge in [-0.05, 0) is 44.4 Å². The summed E-state index contributed by atoms with van der Waals surface area (Å²) in [6, 6.07) is 0. The van der Waals surface area contributed by atoms with E-state index in [-0.39, 0.29) is 11.8 Å². The molecule has 0 aliphatic heterocycles. The van der Waals surface area contributed by atoms with Crippen LogP contribution in [0.2, 0.25) is 0 Å². The van der Waals surface area contributed by atoms with Gasteiger partial charge in [0.1, 0.15) is 5.54 Å². The monoisotopic (exact) mass is 268 g/mol. The predicted octanol–water partition coefficient (Wildman–Crippen LogP) is 1.26. The summed E-state index contributed by atoms with van der Waals surface area (Å²) in [7, 11) is 0. The lowest BCUT2D eigenvalue weighted by Crippen LogP contribution is -2.64. The number of hydrogen-bond acceptors (Lipinski definition) is 3. The molecule has 0 saturated heterocycles. The number of carbonyl (C=O) groups excluding carboxylic acids is 1. The van der Waals surface area contributed by atoms with Gasteiger partial charge in [0.15, 0.2) is 0 Å². The van der Waals surface area contributed by atoms with Crippen molar-refractivity contribution in [3.8, 4) is 0 Å². The molecule has 2 aliphatic carbocycles. The average Bonchev–Trinajstić information content (AvgIpc) is 3.12. The molecule has 0 bridgehead atoms. The van der Waals surface area contributed by atoms with Crippen molar-refractivity contribution < 1.29 is 14.7 Å². The minimum Gasteiger partial charge on any atom is -0.480 e. The summed E-state index contributed by atoms with van der Waals surface area (Å²) in [6.07, 6.45) is 4.76. The number of nitrogens with two attached hydrogens (primary N) is 1. The molecule has 4 N–H and O–H groups in total. The summed E-state index contributed by atoms with van der Waals surface area (Å²) in [4.78, 5) is 23.9. The fraction of sp³-hybridized carbons (Fsp3) is 0.857. The highest BCUT2D eigenvalue weighted by Gasteiger charge is 2.49. The summed E-state index contributed by atoms with van der Waals surface area (Å²) < 4.78 is 0. The molecule has 0 spiro atoms. The van der Waals surface area contributed by atoms with Crippen LogP contribution in [-0.2, 0) is 9.59 Å². The predicted molar refractivity (Wildman–Crippen MR) is 71.5 cm³/mol. The Bertz CT molecular complexity index is 390. The van der Waals surface area contributed by atoms with Gasteiger partial charge in [-0.2, -0.15) is 0 Å². The molecule has 5 heteroatoms. The van der Waals surface area contributed by atoms with Crippen molar-refractivity contribution in [2.75, 3.05) is 0 Å². The highest BCUT2D eigenvalue weighted by molar-refractivity contribution is 5.92.